The first-order chi connectivity index (χ1) is 11.2. The zero-order valence-corrected chi connectivity index (χ0v) is 14.9. The van der Waals surface area contributed by atoms with E-state index >= 15 is 0 Å². The predicted molar refractivity (Wildman–Crippen MR) is 92.3 cm³/mol. The summed E-state index contributed by atoms with van der Waals surface area (Å²) < 4.78 is 36.8. The first-order valence-corrected chi connectivity index (χ1v) is 8.29. The van der Waals surface area contributed by atoms with E-state index in [1.54, 1.807) is 7.05 Å². The summed E-state index contributed by atoms with van der Waals surface area (Å²) >= 11 is 0. The number of piperidine rings is 1. The van der Waals surface area contributed by atoms with Crippen molar-refractivity contribution in [3.05, 3.63) is 12.2 Å². The molecule has 0 aromatic carbocycles. The van der Waals surface area contributed by atoms with Crippen LogP contribution in [0.15, 0.2) is 17.1 Å². The van der Waals surface area contributed by atoms with Crippen molar-refractivity contribution in [3.63, 3.8) is 0 Å². The van der Waals surface area contributed by atoms with Crippen molar-refractivity contribution < 1.29 is 13.2 Å². The molecule has 8 heteroatoms. The van der Waals surface area contributed by atoms with E-state index < -0.39 is 12.7 Å². The zero-order valence-electron chi connectivity index (χ0n) is 14.9. The Kier molecular flexibility index (Phi) is 8.55. The highest BCUT2D eigenvalue weighted by Crippen LogP contribution is 2.15. The minimum Gasteiger partial charge on any atom is -0.355 e. The lowest BCUT2D eigenvalue weighted by Crippen LogP contribution is -2.50. The normalized spacial score (nSPS) is 18.0. The van der Waals surface area contributed by atoms with Gasteiger partial charge in [-0.05, 0) is 26.8 Å². The van der Waals surface area contributed by atoms with Crippen LogP contribution in [0.1, 0.15) is 19.8 Å². The number of halogens is 3. The molecular formula is C16H30F3N5. The lowest BCUT2D eigenvalue weighted by molar-refractivity contribution is -0.142. The van der Waals surface area contributed by atoms with Gasteiger partial charge in [0.25, 0.3) is 0 Å². The number of nitrogens with one attached hydrogen (secondary N) is 2. The Hall–Kier alpha value is -1.28. The maximum absolute atomic E-state index is 12.3. The number of aliphatic imine (C=N–C) groups is 1. The SMILES string of the molecule is C=C(C)CN1CCC(NC(=NC)NCCN(C)CC(F)(F)F)CC1. The molecule has 1 aliphatic rings. The van der Waals surface area contributed by atoms with E-state index in [2.05, 4.69) is 27.1 Å². The highest BCUT2D eigenvalue weighted by Gasteiger charge is 2.28. The molecule has 1 heterocycles. The van der Waals surface area contributed by atoms with Crippen LogP contribution in [0.3, 0.4) is 0 Å². The van der Waals surface area contributed by atoms with Crippen LogP contribution in [0.25, 0.3) is 0 Å². The molecule has 5 nitrogen and oxygen atoms in total. The molecule has 2 N–H and O–H groups in total. The fraction of sp³-hybridized carbons (Fsp3) is 0.812. The van der Waals surface area contributed by atoms with E-state index in [1.807, 2.05) is 6.92 Å². The second-order valence-electron chi connectivity index (χ2n) is 6.50. The molecule has 0 aromatic heterocycles. The van der Waals surface area contributed by atoms with Crippen LogP contribution in [0.4, 0.5) is 13.2 Å². The molecule has 0 aromatic rings. The van der Waals surface area contributed by atoms with Crippen molar-refractivity contribution in [3.8, 4) is 0 Å². The van der Waals surface area contributed by atoms with Crippen LogP contribution in [0.2, 0.25) is 0 Å². The van der Waals surface area contributed by atoms with Crippen molar-refractivity contribution in [2.24, 2.45) is 4.99 Å². The Labute approximate surface area is 143 Å². The fourth-order valence-electron chi connectivity index (χ4n) is 2.76. The van der Waals surface area contributed by atoms with Crippen LogP contribution < -0.4 is 10.6 Å². The average molecular weight is 349 g/mol. The highest BCUT2D eigenvalue weighted by molar-refractivity contribution is 5.79. The monoisotopic (exact) mass is 349 g/mol. The molecule has 140 valence electrons. The van der Waals surface area contributed by atoms with Crippen molar-refractivity contribution in [1.82, 2.24) is 20.4 Å². The van der Waals surface area contributed by atoms with E-state index in [-0.39, 0.29) is 0 Å². The van der Waals surface area contributed by atoms with Crippen molar-refractivity contribution in [2.75, 3.05) is 53.4 Å². The number of nitrogens with zero attached hydrogens (tertiary/aromatic N) is 3. The summed E-state index contributed by atoms with van der Waals surface area (Å²) in [6.45, 7) is 8.75. The minimum absolute atomic E-state index is 0.303. The van der Waals surface area contributed by atoms with E-state index in [0.29, 0.717) is 25.1 Å². The van der Waals surface area contributed by atoms with E-state index in [1.165, 1.54) is 17.5 Å². The van der Waals surface area contributed by atoms with Crippen LogP contribution in [-0.2, 0) is 0 Å². The maximum Gasteiger partial charge on any atom is 0.401 e. The third kappa shape index (κ3) is 9.12. The summed E-state index contributed by atoms with van der Waals surface area (Å²) in [5, 5.41) is 6.43. The highest BCUT2D eigenvalue weighted by atomic mass is 19.4. The van der Waals surface area contributed by atoms with Crippen molar-refractivity contribution in [2.45, 2.75) is 32.0 Å². The minimum atomic E-state index is -4.16. The van der Waals surface area contributed by atoms with Crippen molar-refractivity contribution >= 4 is 5.96 Å². The maximum atomic E-state index is 12.3. The smallest absolute Gasteiger partial charge is 0.355 e. The van der Waals surface area contributed by atoms with Crippen LogP contribution in [0.5, 0.6) is 0 Å². The Morgan fingerprint density at radius 3 is 2.46 bits per heavy atom. The number of guanidine groups is 1. The lowest BCUT2D eigenvalue weighted by atomic mass is 10.0. The van der Waals surface area contributed by atoms with Gasteiger partial charge in [0.15, 0.2) is 5.96 Å². The molecule has 24 heavy (non-hydrogen) atoms. The van der Waals surface area contributed by atoms with E-state index in [0.717, 1.165) is 32.5 Å². The summed E-state index contributed by atoms with van der Waals surface area (Å²) in [7, 11) is 3.13. The number of alkyl halides is 3. The molecule has 1 fully saturated rings. The van der Waals surface area contributed by atoms with Crippen LogP contribution in [-0.4, -0.2) is 81.3 Å². The predicted octanol–water partition coefficient (Wildman–Crippen LogP) is 1.69. The van der Waals surface area contributed by atoms with Crippen LogP contribution in [0, 0.1) is 0 Å². The largest absolute Gasteiger partial charge is 0.401 e. The second-order valence-corrected chi connectivity index (χ2v) is 6.50. The first kappa shape index (κ1) is 20.8. The summed E-state index contributed by atoms with van der Waals surface area (Å²) in [5.74, 6) is 0.647. The van der Waals surface area contributed by atoms with Gasteiger partial charge in [0.05, 0.1) is 6.54 Å². The van der Waals surface area contributed by atoms with Gasteiger partial charge in [-0.1, -0.05) is 12.2 Å². The molecular weight excluding hydrogens is 319 g/mol. The molecule has 0 atom stereocenters. The summed E-state index contributed by atoms with van der Waals surface area (Å²) in [6.07, 6.45) is -2.13. The number of likely N-dealkylation sites (N-methyl/N-ethyl adjacent to an activating group) is 1. The first-order valence-electron chi connectivity index (χ1n) is 8.29. The molecule has 1 saturated heterocycles. The van der Waals surface area contributed by atoms with Gasteiger partial charge >= 0.3 is 6.18 Å². The molecule has 0 radical (unpaired) electrons. The van der Waals surface area contributed by atoms with E-state index in [9.17, 15) is 13.2 Å². The molecule has 0 aliphatic carbocycles. The van der Waals surface area contributed by atoms with Gasteiger partial charge in [-0.2, -0.15) is 13.2 Å². The molecule has 1 rings (SSSR count). The summed E-state index contributed by atoms with van der Waals surface area (Å²) in [4.78, 5) is 7.77. The van der Waals surface area contributed by atoms with Gasteiger partial charge < -0.3 is 10.6 Å². The Morgan fingerprint density at radius 1 is 1.33 bits per heavy atom. The zero-order chi connectivity index (χ0) is 18.2. The van der Waals surface area contributed by atoms with Crippen LogP contribution >= 0.6 is 0 Å². The summed E-state index contributed by atoms with van der Waals surface area (Å²) in [6, 6.07) is 0.338. The molecule has 0 spiro atoms. The number of hydrogen-bond donors (Lipinski definition) is 2. The molecule has 1 aliphatic heterocycles. The molecule has 0 bridgehead atoms. The fourth-order valence-corrected chi connectivity index (χ4v) is 2.76. The average Bonchev–Trinajstić information content (AvgIpc) is 2.45. The lowest BCUT2D eigenvalue weighted by Gasteiger charge is -2.33. The molecule has 0 unspecified atom stereocenters. The van der Waals surface area contributed by atoms with Gasteiger partial charge in [0.1, 0.15) is 0 Å². The number of rotatable bonds is 7. The molecule has 0 saturated carbocycles. The topological polar surface area (TPSA) is 42.9 Å². The third-order valence-corrected chi connectivity index (χ3v) is 3.88. The van der Waals surface area contributed by atoms with Gasteiger partial charge in [0, 0.05) is 45.8 Å². The Morgan fingerprint density at radius 2 is 1.96 bits per heavy atom. The quantitative estimate of drug-likeness (QED) is 0.417. The molecule has 0 amide bonds. The van der Waals surface area contributed by atoms with E-state index in [4.69, 9.17) is 0 Å². The Bertz CT molecular complexity index is 414. The van der Waals surface area contributed by atoms with Crippen molar-refractivity contribution in [1.29, 1.82) is 0 Å². The Balaban J connectivity index is 2.25. The third-order valence-electron chi connectivity index (χ3n) is 3.88. The van der Waals surface area contributed by atoms with Gasteiger partial charge in [-0.3, -0.25) is 14.8 Å². The number of hydrogen-bond acceptors (Lipinski definition) is 3. The second kappa shape index (κ2) is 9.88. The van der Waals surface area contributed by atoms with Gasteiger partial charge in [-0.15, -0.1) is 0 Å². The van der Waals surface area contributed by atoms with Gasteiger partial charge in [-0.25, -0.2) is 0 Å². The number of likely N-dealkylation sites (tertiary alicyclic amines) is 1. The summed E-state index contributed by atoms with van der Waals surface area (Å²) in [5.41, 5.74) is 1.17. The standard InChI is InChI=1S/C16H30F3N5/c1-13(2)11-24-8-5-14(6-9-24)22-15(20-3)21-7-10-23(4)12-16(17,18)19/h14H,1,5-12H2,2-4H3,(H2,20,21,22). The van der Waals surface area contributed by atoms with Gasteiger partial charge in [0.2, 0.25) is 0 Å².